The molecule has 4 aromatic heterocycles. The van der Waals surface area contributed by atoms with Crippen molar-refractivity contribution in [3.63, 3.8) is 0 Å². The van der Waals surface area contributed by atoms with Crippen molar-refractivity contribution in [2.24, 2.45) is 7.05 Å². The monoisotopic (exact) mass is 354 g/mol. The Morgan fingerprint density at radius 3 is 2.50 bits per heavy atom. The standard InChI is InChI=1S/C16H18N8O2/c1-16(2,3)11-12(10-8-23(4)22-17-10)20-24-14(9-6-7-26-21-9)18-19-15(24)13(11)25-5/h6-8H,1-5H3. The van der Waals surface area contributed by atoms with Gasteiger partial charge in [0, 0.05) is 18.7 Å². The lowest BCUT2D eigenvalue weighted by molar-refractivity contribution is 0.398. The lowest BCUT2D eigenvalue weighted by Crippen LogP contribution is -2.18. The molecule has 0 fully saturated rings. The van der Waals surface area contributed by atoms with E-state index in [1.165, 1.54) is 6.26 Å². The van der Waals surface area contributed by atoms with E-state index in [4.69, 9.17) is 14.4 Å². The summed E-state index contributed by atoms with van der Waals surface area (Å²) in [7, 11) is 3.41. The first kappa shape index (κ1) is 16.2. The minimum absolute atomic E-state index is 0.271. The summed E-state index contributed by atoms with van der Waals surface area (Å²) in [6, 6.07) is 1.70. The second-order valence-electron chi connectivity index (χ2n) is 6.93. The molecule has 0 radical (unpaired) electrons. The van der Waals surface area contributed by atoms with E-state index in [1.807, 2.05) is 13.2 Å². The summed E-state index contributed by atoms with van der Waals surface area (Å²) in [5.41, 5.74) is 2.93. The van der Waals surface area contributed by atoms with Crippen molar-refractivity contribution < 1.29 is 9.26 Å². The molecule has 0 amide bonds. The molecule has 10 nitrogen and oxygen atoms in total. The molecule has 0 aliphatic rings. The Morgan fingerprint density at radius 2 is 1.92 bits per heavy atom. The van der Waals surface area contributed by atoms with Crippen LogP contribution < -0.4 is 4.74 Å². The minimum atomic E-state index is -0.271. The second kappa shape index (κ2) is 5.61. The van der Waals surface area contributed by atoms with Crippen molar-refractivity contribution in [2.75, 3.05) is 7.11 Å². The van der Waals surface area contributed by atoms with Crippen molar-refractivity contribution in [3.05, 3.63) is 24.1 Å². The summed E-state index contributed by atoms with van der Waals surface area (Å²) in [6.07, 6.45) is 3.28. The number of hydrogen-bond donors (Lipinski definition) is 0. The van der Waals surface area contributed by atoms with Gasteiger partial charge in [-0.25, -0.2) is 0 Å². The fourth-order valence-corrected chi connectivity index (χ4v) is 2.90. The van der Waals surface area contributed by atoms with Crippen molar-refractivity contribution in [1.29, 1.82) is 0 Å². The Hall–Kier alpha value is -3.30. The maximum atomic E-state index is 5.72. The summed E-state index contributed by atoms with van der Waals surface area (Å²) in [6.45, 7) is 6.24. The first-order valence-electron chi connectivity index (χ1n) is 8.01. The normalized spacial score (nSPS) is 12.0. The molecule has 0 atom stereocenters. The third-order valence-electron chi connectivity index (χ3n) is 3.97. The van der Waals surface area contributed by atoms with Crippen LogP contribution in [0.1, 0.15) is 26.3 Å². The van der Waals surface area contributed by atoms with Crippen LogP contribution in [0.25, 0.3) is 28.6 Å². The van der Waals surface area contributed by atoms with Crippen LogP contribution in [-0.4, -0.2) is 47.1 Å². The van der Waals surface area contributed by atoms with E-state index in [0.717, 1.165) is 5.56 Å². The molecule has 0 aliphatic carbocycles. The fourth-order valence-electron chi connectivity index (χ4n) is 2.90. The van der Waals surface area contributed by atoms with Gasteiger partial charge >= 0.3 is 0 Å². The zero-order valence-corrected chi connectivity index (χ0v) is 15.1. The summed E-state index contributed by atoms with van der Waals surface area (Å²) in [4.78, 5) is 0. The molecule has 0 spiro atoms. The first-order valence-corrected chi connectivity index (χ1v) is 8.01. The number of ether oxygens (including phenoxy) is 1. The van der Waals surface area contributed by atoms with E-state index < -0.39 is 0 Å². The summed E-state index contributed by atoms with van der Waals surface area (Å²) in [5.74, 6) is 1.05. The van der Waals surface area contributed by atoms with Gasteiger partial charge in [-0.15, -0.1) is 15.3 Å². The van der Waals surface area contributed by atoms with Crippen LogP contribution in [-0.2, 0) is 12.5 Å². The fraction of sp³-hybridized carbons (Fsp3) is 0.375. The van der Waals surface area contributed by atoms with E-state index in [0.29, 0.717) is 34.3 Å². The molecule has 0 bridgehead atoms. The Labute approximate surface area is 148 Å². The molecule has 134 valence electrons. The lowest BCUT2D eigenvalue weighted by Gasteiger charge is -2.24. The third kappa shape index (κ3) is 2.41. The number of fused-ring (bicyclic) bond motifs is 1. The van der Waals surface area contributed by atoms with E-state index in [2.05, 4.69) is 46.4 Å². The molecule has 0 aliphatic heterocycles. The van der Waals surface area contributed by atoms with Crippen LogP contribution in [0, 0.1) is 0 Å². The molecule has 4 heterocycles. The van der Waals surface area contributed by atoms with Gasteiger partial charge in [0.15, 0.2) is 11.4 Å². The maximum absolute atomic E-state index is 5.72. The largest absolute Gasteiger partial charge is 0.492 e. The van der Waals surface area contributed by atoms with Gasteiger partial charge in [-0.05, 0) is 5.41 Å². The molecule has 26 heavy (non-hydrogen) atoms. The molecular formula is C16H18N8O2. The van der Waals surface area contributed by atoms with Crippen LogP contribution in [0.2, 0.25) is 0 Å². The molecule has 0 aromatic carbocycles. The Kier molecular flexibility index (Phi) is 3.49. The Bertz CT molecular complexity index is 1070. The topological polar surface area (TPSA) is 109 Å². The van der Waals surface area contributed by atoms with Crippen molar-refractivity contribution in [3.8, 4) is 28.7 Å². The van der Waals surface area contributed by atoms with Crippen molar-refractivity contribution in [1.82, 2.24) is 40.0 Å². The van der Waals surface area contributed by atoms with E-state index in [1.54, 1.807) is 22.4 Å². The molecule has 0 unspecified atom stereocenters. The molecular weight excluding hydrogens is 336 g/mol. The number of aryl methyl sites for hydroxylation is 1. The van der Waals surface area contributed by atoms with Crippen LogP contribution >= 0.6 is 0 Å². The number of hydrogen-bond acceptors (Lipinski definition) is 8. The van der Waals surface area contributed by atoms with Gasteiger partial charge in [0.05, 0.1) is 13.3 Å². The number of aromatic nitrogens is 8. The zero-order valence-electron chi connectivity index (χ0n) is 15.1. The highest BCUT2D eigenvalue weighted by Crippen LogP contribution is 2.40. The number of methoxy groups -OCH3 is 1. The van der Waals surface area contributed by atoms with E-state index in [-0.39, 0.29) is 5.41 Å². The summed E-state index contributed by atoms with van der Waals surface area (Å²) < 4.78 is 13.9. The third-order valence-corrected chi connectivity index (χ3v) is 3.97. The van der Waals surface area contributed by atoms with Gasteiger partial charge in [-0.1, -0.05) is 31.1 Å². The smallest absolute Gasteiger partial charge is 0.220 e. The Balaban J connectivity index is 2.11. The van der Waals surface area contributed by atoms with Crippen LogP contribution in [0.5, 0.6) is 5.75 Å². The predicted octanol–water partition coefficient (Wildman–Crippen LogP) is 1.88. The molecule has 0 saturated heterocycles. The van der Waals surface area contributed by atoms with Crippen molar-refractivity contribution in [2.45, 2.75) is 26.2 Å². The number of rotatable bonds is 3. The molecule has 0 N–H and O–H groups in total. The average Bonchev–Trinajstić information content (AvgIpc) is 3.31. The molecule has 4 aromatic rings. The zero-order chi connectivity index (χ0) is 18.5. The van der Waals surface area contributed by atoms with Gasteiger partial charge in [0.25, 0.3) is 0 Å². The van der Waals surface area contributed by atoms with Gasteiger partial charge in [-0.2, -0.15) is 9.61 Å². The Morgan fingerprint density at radius 1 is 1.12 bits per heavy atom. The van der Waals surface area contributed by atoms with Gasteiger partial charge in [0.2, 0.25) is 11.5 Å². The average molecular weight is 354 g/mol. The van der Waals surface area contributed by atoms with Crippen LogP contribution in [0.15, 0.2) is 23.0 Å². The minimum Gasteiger partial charge on any atom is -0.492 e. The predicted molar refractivity (Wildman–Crippen MR) is 91.5 cm³/mol. The molecule has 0 saturated carbocycles. The van der Waals surface area contributed by atoms with E-state index in [9.17, 15) is 0 Å². The van der Waals surface area contributed by atoms with E-state index >= 15 is 0 Å². The van der Waals surface area contributed by atoms with Gasteiger partial charge < -0.3 is 9.26 Å². The molecule has 4 rings (SSSR count). The summed E-state index contributed by atoms with van der Waals surface area (Å²) >= 11 is 0. The maximum Gasteiger partial charge on any atom is 0.220 e. The SMILES string of the molecule is COc1c(C(C)(C)C)c(-c2cn(C)nn2)nn2c(-c3ccon3)nnc12. The first-order chi connectivity index (χ1) is 12.4. The van der Waals surface area contributed by atoms with Crippen LogP contribution in [0.3, 0.4) is 0 Å². The second-order valence-corrected chi connectivity index (χ2v) is 6.93. The van der Waals surface area contributed by atoms with Gasteiger partial charge in [-0.3, -0.25) is 4.68 Å². The number of nitrogens with zero attached hydrogens (tertiary/aromatic N) is 8. The van der Waals surface area contributed by atoms with Gasteiger partial charge in [0.1, 0.15) is 17.7 Å². The quantitative estimate of drug-likeness (QED) is 0.548. The molecule has 10 heteroatoms. The van der Waals surface area contributed by atoms with Crippen LogP contribution in [0.4, 0.5) is 0 Å². The highest BCUT2D eigenvalue weighted by atomic mass is 16.5. The summed E-state index contributed by atoms with van der Waals surface area (Å²) in [5, 5.41) is 25.4. The van der Waals surface area contributed by atoms with Crippen molar-refractivity contribution >= 4 is 5.65 Å². The highest BCUT2D eigenvalue weighted by Gasteiger charge is 2.30. The highest BCUT2D eigenvalue weighted by molar-refractivity contribution is 5.72. The lowest BCUT2D eigenvalue weighted by atomic mass is 9.84.